The highest BCUT2D eigenvalue weighted by molar-refractivity contribution is 5.37. The molecular formula is C15H15F3N2. The van der Waals surface area contributed by atoms with Crippen LogP contribution in [-0.2, 0) is 6.18 Å². The molecule has 0 saturated carbocycles. The van der Waals surface area contributed by atoms with E-state index in [-0.39, 0.29) is 5.56 Å². The second kappa shape index (κ2) is 5.63. The van der Waals surface area contributed by atoms with Crippen molar-refractivity contribution in [3.05, 3.63) is 65.0 Å². The van der Waals surface area contributed by atoms with Gasteiger partial charge in [0.05, 0.1) is 11.6 Å². The average Bonchev–Trinajstić information content (AvgIpc) is 2.41. The Hall–Kier alpha value is -1.88. The minimum Gasteiger partial charge on any atom is -0.309 e. The van der Waals surface area contributed by atoms with Crippen LogP contribution in [0.15, 0.2) is 42.7 Å². The van der Waals surface area contributed by atoms with E-state index in [1.807, 2.05) is 31.2 Å². The first-order chi connectivity index (χ1) is 9.43. The highest BCUT2D eigenvalue weighted by atomic mass is 19.4. The van der Waals surface area contributed by atoms with Gasteiger partial charge in [0.15, 0.2) is 0 Å². The van der Waals surface area contributed by atoms with Crippen LogP contribution in [0.5, 0.6) is 0 Å². The van der Waals surface area contributed by atoms with Gasteiger partial charge in [-0.2, -0.15) is 13.2 Å². The number of nitrogens with zero attached hydrogens (tertiary/aromatic N) is 1. The van der Waals surface area contributed by atoms with E-state index in [0.29, 0.717) is 0 Å². The zero-order chi connectivity index (χ0) is 14.8. The van der Waals surface area contributed by atoms with Crippen LogP contribution in [0.2, 0.25) is 0 Å². The third-order valence-electron chi connectivity index (χ3n) is 3.17. The molecule has 2 rings (SSSR count). The van der Waals surface area contributed by atoms with E-state index < -0.39 is 17.8 Å². The second-order valence-corrected chi connectivity index (χ2v) is 4.59. The number of alkyl halides is 3. The molecule has 0 amide bonds. The molecule has 1 unspecified atom stereocenters. The predicted octanol–water partition coefficient (Wildman–Crippen LogP) is 3.72. The van der Waals surface area contributed by atoms with E-state index in [2.05, 4.69) is 10.3 Å². The molecule has 20 heavy (non-hydrogen) atoms. The van der Waals surface area contributed by atoms with Gasteiger partial charge >= 0.3 is 6.18 Å². The topological polar surface area (TPSA) is 24.9 Å². The maximum atomic E-state index is 13.1. The fraction of sp³-hybridized carbons (Fsp3) is 0.267. The highest BCUT2D eigenvalue weighted by Gasteiger charge is 2.35. The van der Waals surface area contributed by atoms with E-state index >= 15 is 0 Å². The number of aromatic nitrogens is 1. The summed E-state index contributed by atoms with van der Waals surface area (Å²) < 4.78 is 39.2. The fourth-order valence-corrected chi connectivity index (χ4v) is 2.16. The van der Waals surface area contributed by atoms with E-state index in [0.717, 1.165) is 23.4 Å². The number of halogens is 3. The zero-order valence-electron chi connectivity index (χ0n) is 11.2. The Labute approximate surface area is 115 Å². The molecule has 0 fully saturated rings. The lowest BCUT2D eigenvalue weighted by Gasteiger charge is -2.21. The average molecular weight is 280 g/mol. The maximum Gasteiger partial charge on any atom is 0.416 e. The normalized spacial score (nSPS) is 13.2. The molecule has 1 N–H and O–H groups in total. The molecule has 1 heterocycles. The molecule has 0 aliphatic heterocycles. The summed E-state index contributed by atoms with van der Waals surface area (Å²) in [4.78, 5) is 3.83. The first kappa shape index (κ1) is 14.5. The molecular weight excluding hydrogens is 265 g/mol. The van der Waals surface area contributed by atoms with E-state index in [4.69, 9.17) is 0 Å². The first-order valence-corrected chi connectivity index (χ1v) is 6.18. The summed E-state index contributed by atoms with van der Waals surface area (Å²) >= 11 is 0. The second-order valence-electron chi connectivity index (χ2n) is 4.59. The SMILES string of the molecule is CNC(c1ccc(C)cc1)c1cnccc1C(F)(F)F. The summed E-state index contributed by atoms with van der Waals surface area (Å²) in [6.45, 7) is 1.93. The third kappa shape index (κ3) is 2.99. The van der Waals surface area contributed by atoms with Crippen molar-refractivity contribution >= 4 is 0 Å². The number of rotatable bonds is 3. The lowest BCUT2D eigenvalue weighted by atomic mass is 9.95. The molecule has 2 nitrogen and oxygen atoms in total. The Morgan fingerprint density at radius 2 is 1.75 bits per heavy atom. The Balaban J connectivity index is 2.50. The molecule has 1 aromatic carbocycles. The fourth-order valence-electron chi connectivity index (χ4n) is 2.16. The molecule has 0 radical (unpaired) electrons. The summed E-state index contributed by atoms with van der Waals surface area (Å²) in [5, 5.41) is 2.93. The van der Waals surface area contributed by atoms with Crippen LogP contribution < -0.4 is 5.32 Å². The van der Waals surface area contributed by atoms with Crippen LogP contribution in [0.4, 0.5) is 13.2 Å². The summed E-state index contributed by atoms with van der Waals surface area (Å²) in [5.41, 5.74) is 1.31. The van der Waals surface area contributed by atoms with Crippen molar-refractivity contribution in [2.75, 3.05) is 7.05 Å². The lowest BCUT2D eigenvalue weighted by Crippen LogP contribution is -2.22. The van der Waals surface area contributed by atoms with Gasteiger partial charge in [0, 0.05) is 18.0 Å². The van der Waals surface area contributed by atoms with E-state index in [9.17, 15) is 13.2 Å². The van der Waals surface area contributed by atoms with Gasteiger partial charge in [-0.1, -0.05) is 29.8 Å². The quantitative estimate of drug-likeness (QED) is 0.927. The van der Waals surface area contributed by atoms with Crippen molar-refractivity contribution < 1.29 is 13.2 Å². The molecule has 5 heteroatoms. The van der Waals surface area contributed by atoms with Crippen molar-refractivity contribution in [1.82, 2.24) is 10.3 Å². The summed E-state index contributed by atoms with van der Waals surface area (Å²) in [7, 11) is 1.64. The molecule has 1 aromatic heterocycles. The van der Waals surface area contributed by atoms with Crippen molar-refractivity contribution in [2.24, 2.45) is 0 Å². The number of aryl methyl sites for hydroxylation is 1. The van der Waals surface area contributed by atoms with Crippen molar-refractivity contribution in [1.29, 1.82) is 0 Å². The van der Waals surface area contributed by atoms with Gasteiger partial charge in [0.25, 0.3) is 0 Å². The van der Waals surface area contributed by atoms with Gasteiger partial charge in [-0.05, 0) is 25.6 Å². The van der Waals surface area contributed by atoms with Gasteiger partial charge < -0.3 is 5.32 Å². The molecule has 0 aliphatic rings. The number of hydrogen-bond acceptors (Lipinski definition) is 2. The first-order valence-electron chi connectivity index (χ1n) is 6.18. The molecule has 0 aliphatic carbocycles. The monoisotopic (exact) mass is 280 g/mol. The van der Waals surface area contributed by atoms with Gasteiger partial charge in [0.1, 0.15) is 0 Å². The summed E-state index contributed by atoms with van der Waals surface area (Å²) in [6, 6.07) is 7.87. The molecule has 0 spiro atoms. The van der Waals surface area contributed by atoms with Gasteiger partial charge in [0.2, 0.25) is 0 Å². The number of nitrogens with one attached hydrogen (secondary N) is 1. The van der Waals surface area contributed by atoms with Gasteiger partial charge in [-0.25, -0.2) is 0 Å². The molecule has 2 aromatic rings. The van der Waals surface area contributed by atoms with Crippen LogP contribution in [0.25, 0.3) is 0 Å². The minimum atomic E-state index is -4.39. The van der Waals surface area contributed by atoms with Gasteiger partial charge in [-0.3, -0.25) is 4.98 Å². The number of benzene rings is 1. The minimum absolute atomic E-state index is 0.131. The van der Waals surface area contributed by atoms with Crippen molar-refractivity contribution in [2.45, 2.75) is 19.1 Å². The molecule has 1 atom stereocenters. The third-order valence-corrected chi connectivity index (χ3v) is 3.17. The predicted molar refractivity (Wildman–Crippen MR) is 71.3 cm³/mol. The Morgan fingerprint density at radius 3 is 2.30 bits per heavy atom. The number of hydrogen-bond donors (Lipinski definition) is 1. The zero-order valence-corrected chi connectivity index (χ0v) is 11.2. The largest absolute Gasteiger partial charge is 0.416 e. The molecule has 0 saturated heterocycles. The van der Waals surface area contributed by atoms with Gasteiger partial charge in [-0.15, -0.1) is 0 Å². The Kier molecular flexibility index (Phi) is 4.09. The standard InChI is InChI=1S/C15H15F3N2/c1-10-3-5-11(6-4-10)14(19-2)12-9-20-8-7-13(12)15(16,17)18/h3-9,14,19H,1-2H3. The molecule has 0 bridgehead atoms. The Morgan fingerprint density at radius 1 is 1.10 bits per heavy atom. The van der Waals surface area contributed by atoms with Crippen LogP contribution >= 0.6 is 0 Å². The number of pyridine rings is 1. The summed E-state index contributed by atoms with van der Waals surface area (Å²) in [6.07, 6.45) is -1.96. The Bertz CT molecular complexity index is 576. The van der Waals surface area contributed by atoms with Crippen molar-refractivity contribution in [3.63, 3.8) is 0 Å². The van der Waals surface area contributed by atoms with E-state index in [1.54, 1.807) is 7.05 Å². The van der Waals surface area contributed by atoms with Crippen LogP contribution in [-0.4, -0.2) is 12.0 Å². The van der Waals surface area contributed by atoms with E-state index in [1.165, 1.54) is 6.20 Å². The highest BCUT2D eigenvalue weighted by Crippen LogP contribution is 2.35. The summed E-state index contributed by atoms with van der Waals surface area (Å²) in [5.74, 6) is 0. The lowest BCUT2D eigenvalue weighted by molar-refractivity contribution is -0.138. The maximum absolute atomic E-state index is 13.1. The van der Waals surface area contributed by atoms with Crippen molar-refractivity contribution in [3.8, 4) is 0 Å². The van der Waals surface area contributed by atoms with Crippen LogP contribution in [0.1, 0.15) is 28.3 Å². The molecule has 106 valence electrons. The smallest absolute Gasteiger partial charge is 0.309 e. The van der Waals surface area contributed by atoms with Crippen LogP contribution in [0.3, 0.4) is 0 Å². The van der Waals surface area contributed by atoms with Crippen LogP contribution in [0, 0.1) is 6.92 Å².